The van der Waals surface area contributed by atoms with Crippen LogP contribution >= 0.6 is 0 Å². The van der Waals surface area contributed by atoms with Crippen molar-refractivity contribution in [3.8, 4) is 0 Å². The summed E-state index contributed by atoms with van der Waals surface area (Å²) in [6.07, 6.45) is 12.2. The van der Waals surface area contributed by atoms with Crippen molar-refractivity contribution < 1.29 is 0 Å². The van der Waals surface area contributed by atoms with Crippen LogP contribution in [-0.2, 0) is 0 Å². The number of nitrogens with one attached hydrogen (secondary N) is 1. The predicted molar refractivity (Wildman–Crippen MR) is 59.2 cm³/mol. The molecule has 1 spiro atoms. The molecule has 1 heteroatoms. The molecule has 0 aromatic carbocycles. The molecular formula is C13H23N. The van der Waals surface area contributed by atoms with Crippen LogP contribution in [0.25, 0.3) is 0 Å². The molecule has 2 aliphatic carbocycles. The summed E-state index contributed by atoms with van der Waals surface area (Å²) < 4.78 is 0. The summed E-state index contributed by atoms with van der Waals surface area (Å²) in [4.78, 5) is 0. The zero-order chi connectivity index (χ0) is 9.43. The summed E-state index contributed by atoms with van der Waals surface area (Å²) in [5.41, 5.74) is 0.749. The second kappa shape index (κ2) is 3.52. The zero-order valence-electron chi connectivity index (χ0n) is 9.23. The molecule has 0 aromatic rings. The SMILES string of the molecule is C1CCC2CC3(CCNC3)CCC2C1. The first kappa shape index (κ1) is 9.21. The Morgan fingerprint density at radius 3 is 2.57 bits per heavy atom. The Bertz CT molecular complexity index is 205. The third-order valence-corrected chi connectivity index (χ3v) is 5.14. The molecule has 3 fully saturated rings. The molecule has 1 heterocycles. The maximum absolute atomic E-state index is 3.58. The maximum atomic E-state index is 3.58. The van der Waals surface area contributed by atoms with Crippen LogP contribution in [0.5, 0.6) is 0 Å². The van der Waals surface area contributed by atoms with Crippen LogP contribution in [0.4, 0.5) is 0 Å². The Morgan fingerprint density at radius 2 is 1.79 bits per heavy atom. The van der Waals surface area contributed by atoms with Crippen LogP contribution < -0.4 is 5.32 Å². The second-order valence-corrected chi connectivity index (χ2v) is 5.97. The van der Waals surface area contributed by atoms with Gasteiger partial charge in [-0.2, -0.15) is 0 Å². The smallest absolute Gasteiger partial charge is 0.000839 e. The summed E-state index contributed by atoms with van der Waals surface area (Å²) in [5.74, 6) is 2.23. The summed E-state index contributed by atoms with van der Waals surface area (Å²) in [5, 5.41) is 3.58. The van der Waals surface area contributed by atoms with E-state index < -0.39 is 0 Å². The molecule has 0 amide bonds. The molecule has 3 aliphatic rings. The quantitative estimate of drug-likeness (QED) is 0.623. The van der Waals surface area contributed by atoms with Gasteiger partial charge in [0, 0.05) is 6.54 Å². The minimum atomic E-state index is 0.749. The molecule has 2 saturated carbocycles. The molecule has 1 nitrogen and oxygen atoms in total. The van der Waals surface area contributed by atoms with E-state index in [-0.39, 0.29) is 0 Å². The maximum Gasteiger partial charge on any atom is 0.000839 e. The van der Waals surface area contributed by atoms with Crippen LogP contribution in [0, 0.1) is 17.3 Å². The summed E-state index contributed by atoms with van der Waals surface area (Å²) in [7, 11) is 0. The first-order valence-corrected chi connectivity index (χ1v) is 6.59. The van der Waals surface area contributed by atoms with Gasteiger partial charge in [0.05, 0.1) is 0 Å². The highest BCUT2D eigenvalue weighted by atomic mass is 14.9. The van der Waals surface area contributed by atoms with Crippen LogP contribution in [0.15, 0.2) is 0 Å². The van der Waals surface area contributed by atoms with Gasteiger partial charge in [-0.1, -0.05) is 25.7 Å². The van der Waals surface area contributed by atoms with Crippen LogP contribution in [0.3, 0.4) is 0 Å². The highest BCUT2D eigenvalue weighted by Crippen LogP contribution is 2.50. The fourth-order valence-electron chi connectivity index (χ4n) is 4.27. The molecule has 14 heavy (non-hydrogen) atoms. The highest BCUT2D eigenvalue weighted by Gasteiger charge is 2.42. The lowest BCUT2D eigenvalue weighted by molar-refractivity contribution is 0.0718. The van der Waals surface area contributed by atoms with E-state index in [2.05, 4.69) is 5.32 Å². The lowest BCUT2D eigenvalue weighted by atomic mass is 9.61. The normalized spacial score (nSPS) is 48.0. The Hall–Kier alpha value is -0.0400. The Morgan fingerprint density at radius 1 is 0.929 bits per heavy atom. The van der Waals surface area contributed by atoms with Gasteiger partial charge in [0.25, 0.3) is 0 Å². The molecule has 0 bridgehead atoms. The van der Waals surface area contributed by atoms with Crippen molar-refractivity contribution in [2.24, 2.45) is 17.3 Å². The minimum absolute atomic E-state index is 0.749. The molecule has 3 rings (SSSR count). The Kier molecular flexibility index (Phi) is 2.31. The molecule has 1 saturated heterocycles. The van der Waals surface area contributed by atoms with Gasteiger partial charge in [0.2, 0.25) is 0 Å². The lowest BCUT2D eigenvalue weighted by Gasteiger charge is -2.44. The average molecular weight is 193 g/mol. The zero-order valence-corrected chi connectivity index (χ0v) is 9.23. The molecule has 1 N–H and O–H groups in total. The van der Waals surface area contributed by atoms with Gasteiger partial charge in [0.1, 0.15) is 0 Å². The minimum Gasteiger partial charge on any atom is -0.316 e. The molecule has 80 valence electrons. The van der Waals surface area contributed by atoms with Crippen LogP contribution in [0.1, 0.15) is 51.4 Å². The summed E-state index contributed by atoms with van der Waals surface area (Å²) in [6, 6.07) is 0. The van der Waals surface area contributed by atoms with Crippen molar-refractivity contribution in [3.05, 3.63) is 0 Å². The van der Waals surface area contributed by atoms with Crippen LogP contribution in [0.2, 0.25) is 0 Å². The Balaban J connectivity index is 1.70. The van der Waals surface area contributed by atoms with Gasteiger partial charge >= 0.3 is 0 Å². The predicted octanol–water partition coefficient (Wildman–Crippen LogP) is 2.96. The number of hydrogen-bond donors (Lipinski definition) is 1. The largest absolute Gasteiger partial charge is 0.316 e. The third kappa shape index (κ3) is 1.50. The molecule has 1 aliphatic heterocycles. The van der Waals surface area contributed by atoms with E-state index in [4.69, 9.17) is 0 Å². The van der Waals surface area contributed by atoms with Gasteiger partial charge < -0.3 is 5.32 Å². The number of fused-ring (bicyclic) bond motifs is 1. The van der Waals surface area contributed by atoms with E-state index in [0.717, 1.165) is 17.3 Å². The van der Waals surface area contributed by atoms with E-state index in [1.54, 1.807) is 25.7 Å². The summed E-state index contributed by atoms with van der Waals surface area (Å²) >= 11 is 0. The molecule has 3 atom stereocenters. The van der Waals surface area contributed by atoms with Crippen molar-refractivity contribution in [3.63, 3.8) is 0 Å². The molecule has 0 radical (unpaired) electrons. The van der Waals surface area contributed by atoms with Crippen molar-refractivity contribution in [1.82, 2.24) is 5.32 Å². The van der Waals surface area contributed by atoms with E-state index in [1.165, 1.54) is 38.8 Å². The second-order valence-electron chi connectivity index (χ2n) is 5.97. The standard InChI is InChI=1S/C13H23N/c1-2-4-12-9-13(7-8-14-10-13)6-5-11(12)3-1/h11-12,14H,1-10H2. The summed E-state index contributed by atoms with van der Waals surface area (Å²) in [6.45, 7) is 2.62. The van der Waals surface area contributed by atoms with Gasteiger partial charge in [-0.25, -0.2) is 0 Å². The third-order valence-electron chi connectivity index (χ3n) is 5.14. The molecular weight excluding hydrogens is 170 g/mol. The van der Waals surface area contributed by atoms with Gasteiger partial charge in [-0.3, -0.25) is 0 Å². The van der Waals surface area contributed by atoms with Crippen molar-refractivity contribution in [2.75, 3.05) is 13.1 Å². The van der Waals surface area contributed by atoms with Crippen molar-refractivity contribution in [1.29, 1.82) is 0 Å². The number of rotatable bonds is 0. The monoisotopic (exact) mass is 193 g/mol. The first-order chi connectivity index (χ1) is 6.88. The van der Waals surface area contributed by atoms with Gasteiger partial charge in [0.15, 0.2) is 0 Å². The Labute approximate surface area is 87.7 Å². The fraction of sp³-hybridized carbons (Fsp3) is 1.00. The fourth-order valence-corrected chi connectivity index (χ4v) is 4.27. The first-order valence-electron chi connectivity index (χ1n) is 6.59. The van der Waals surface area contributed by atoms with E-state index in [9.17, 15) is 0 Å². The van der Waals surface area contributed by atoms with Crippen molar-refractivity contribution in [2.45, 2.75) is 51.4 Å². The van der Waals surface area contributed by atoms with E-state index in [0.29, 0.717) is 0 Å². The highest BCUT2D eigenvalue weighted by molar-refractivity contribution is 4.95. The van der Waals surface area contributed by atoms with E-state index in [1.807, 2.05) is 0 Å². The van der Waals surface area contributed by atoms with Gasteiger partial charge in [-0.05, 0) is 49.5 Å². The number of hydrogen-bond acceptors (Lipinski definition) is 1. The van der Waals surface area contributed by atoms with E-state index >= 15 is 0 Å². The van der Waals surface area contributed by atoms with Gasteiger partial charge in [-0.15, -0.1) is 0 Å². The average Bonchev–Trinajstić information content (AvgIpc) is 2.66. The van der Waals surface area contributed by atoms with Crippen molar-refractivity contribution >= 4 is 0 Å². The lowest BCUT2D eigenvalue weighted by Crippen LogP contribution is -2.36. The molecule has 0 aromatic heterocycles. The van der Waals surface area contributed by atoms with Crippen LogP contribution in [-0.4, -0.2) is 13.1 Å². The molecule has 3 unspecified atom stereocenters. The topological polar surface area (TPSA) is 12.0 Å².